The number of hydrazine groups is 1. The van der Waals surface area contributed by atoms with Gasteiger partial charge in [-0.05, 0) is 36.8 Å². The largest absolute Gasteiger partial charge is 0.455 e. The number of anilines is 1. The summed E-state index contributed by atoms with van der Waals surface area (Å²) in [6.45, 7) is 1.37. The van der Waals surface area contributed by atoms with Crippen molar-refractivity contribution < 1.29 is 23.9 Å². The molecule has 0 aliphatic carbocycles. The highest BCUT2D eigenvalue weighted by Crippen LogP contribution is 2.19. The Kier molecular flexibility index (Phi) is 6.68. The van der Waals surface area contributed by atoms with E-state index in [4.69, 9.17) is 16.3 Å². The number of halogens is 1. The topological polar surface area (TPSA) is 105 Å². The van der Waals surface area contributed by atoms with Gasteiger partial charge in [0.1, 0.15) is 0 Å². The second-order valence-corrected chi connectivity index (χ2v) is 7.26. The summed E-state index contributed by atoms with van der Waals surface area (Å²) < 4.78 is 5.03. The van der Waals surface area contributed by atoms with Crippen LogP contribution in [0.15, 0.2) is 48.5 Å². The first-order valence-corrected chi connectivity index (χ1v) is 9.60. The predicted molar refractivity (Wildman–Crippen MR) is 110 cm³/mol. The normalized spacial score (nSPS) is 15.6. The third-order valence-corrected chi connectivity index (χ3v) is 4.79. The minimum atomic E-state index is -0.782. The van der Waals surface area contributed by atoms with Gasteiger partial charge in [-0.1, -0.05) is 35.9 Å². The molecule has 0 radical (unpaired) electrons. The lowest BCUT2D eigenvalue weighted by Crippen LogP contribution is -2.43. The van der Waals surface area contributed by atoms with Crippen molar-refractivity contribution in [3.8, 4) is 0 Å². The average Bonchev–Trinajstić information content (AvgIpc) is 3.07. The number of esters is 1. The number of rotatable bonds is 6. The summed E-state index contributed by atoms with van der Waals surface area (Å²) in [4.78, 5) is 48.7. The van der Waals surface area contributed by atoms with E-state index in [9.17, 15) is 19.2 Å². The van der Waals surface area contributed by atoms with E-state index in [-0.39, 0.29) is 23.6 Å². The molecule has 1 fully saturated rings. The predicted octanol–water partition coefficient (Wildman–Crippen LogP) is 2.32. The first kappa shape index (κ1) is 21.3. The molecule has 1 atom stereocenters. The summed E-state index contributed by atoms with van der Waals surface area (Å²) in [6.07, 6.45) is -0.124. The lowest BCUT2D eigenvalue weighted by Gasteiger charge is -2.18. The van der Waals surface area contributed by atoms with E-state index in [1.807, 2.05) is 13.0 Å². The van der Waals surface area contributed by atoms with Crippen LogP contribution in [0.4, 0.5) is 5.69 Å². The van der Waals surface area contributed by atoms with E-state index in [2.05, 4.69) is 10.7 Å². The molecule has 2 aromatic carbocycles. The van der Waals surface area contributed by atoms with Gasteiger partial charge in [-0.15, -0.1) is 0 Å². The Morgan fingerprint density at radius 2 is 1.93 bits per heavy atom. The minimum absolute atomic E-state index is 0.0483. The Morgan fingerprint density at radius 3 is 2.67 bits per heavy atom. The molecule has 3 rings (SSSR count). The lowest BCUT2D eigenvalue weighted by atomic mass is 10.1. The molecule has 156 valence electrons. The molecule has 0 bridgehead atoms. The van der Waals surface area contributed by atoms with Crippen LogP contribution in [0.25, 0.3) is 0 Å². The van der Waals surface area contributed by atoms with Gasteiger partial charge in [0.2, 0.25) is 5.91 Å². The molecular formula is C21H20ClN3O5. The maximum Gasteiger partial charge on any atom is 0.311 e. The summed E-state index contributed by atoms with van der Waals surface area (Å²) in [6, 6.07) is 13.6. The number of hydrogen-bond acceptors (Lipinski definition) is 5. The first-order valence-electron chi connectivity index (χ1n) is 9.22. The zero-order chi connectivity index (χ0) is 21.7. The fourth-order valence-corrected chi connectivity index (χ4v) is 3.20. The molecular weight excluding hydrogens is 410 g/mol. The number of ether oxygens (including phenoxy) is 1. The molecule has 1 heterocycles. The summed E-state index contributed by atoms with van der Waals surface area (Å²) in [5.41, 5.74) is 4.24. The van der Waals surface area contributed by atoms with Gasteiger partial charge in [0.15, 0.2) is 6.61 Å². The smallest absolute Gasteiger partial charge is 0.311 e. The van der Waals surface area contributed by atoms with Gasteiger partial charge in [0.25, 0.3) is 11.8 Å². The summed E-state index contributed by atoms with van der Waals surface area (Å²) in [5.74, 6) is -2.93. The molecule has 0 unspecified atom stereocenters. The fourth-order valence-electron chi connectivity index (χ4n) is 2.98. The van der Waals surface area contributed by atoms with Crippen LogP contribution in [0.3, 0.4) is 0 Å². The summed E-state index contributed by atoms with van der Waals surface area (Å²) in [5, 5.41) is 3.94. The van der Waals surface area contributed by atoms with Crippen LogP contribution in [-0.4, -0.2) is 41.9 Å². The van der Waals surface area contributed by atoms with E-state index >= 15 is 0 Å². The van der Waals surface area contributed by atoms with Gasteiger partial charge in [0.05, 0.1) is 23.0 Å². The van der Waals surface area contributed by atoms with Crippen molar-refractivity contribution in [2.24, 2.45) is 5.92 Å². The van der Waals surface area contributed by atoms with Gasteiger partial charge >= 0.3 is 5.97 Å². The third-order valence-electron chi connectivity index (χ3n) is 4.46. The molecule has 0 saturated carbocycles. The second-order valence-electron chi connectivity index (χ2n) is 6.85. The van der Waals surface area contributed by atoms with E-state index in [0.717, 1.165) is 10.6 Å². The van der Waals surface area contributed by atoms with Gasteiger partial charge < -0.3 is 10.1 Å². The number of hydrogen-bond donors (Lipinski definition) is 2. The van der Waals surface area contributed by atoms with Gasteiger partial charge in [0, 0.05) is 12.1 Å². The number of amides is 3. The molecule has 1 aliphatic rings. The van der Waals surface area contributed by atoms with Crippen molar-refractivity contribution in [1.29, 1.82) is 0 Å². The molecule has 1 saturated heterocycles. The van der Waals surface area contributed by atoms with Gasteiger partial charge in [-0.2, -0.15) is 0 Å². The summed E-state index contributed by atoms with van der Waals surface area (Å²) in [7, 11) is 0. The van der Waals surface area contributed by atoms with Crippen LogP contribution in [0.2, 0.25) is 5.02 Å². The van der Waals surface area contributed by atoms with E-state index in [0.29, 0.717) is 5.69 Å². The molecule has 2 N–H and O–H groups in total. The highest BCUT2D eigenvalue weighted by molar-refractivity contribution is 6.33. The highest BCUT2D eigenvalue weighted by Gasteiger charge is 2.36. The molecule has 1 aliphatic heterocycles. The van der Waals surface area contributed by atoms with Crippen LogP contribution < -0.4 is 10.7 Å². The number of carbonyl (C=O) groups is 4. The van der Waals surface area contributed by atoms with Crippen LogP contribution in [-0.2, 0) is 19.1 Å². The van der Waals surface area contributed by atoms with Crippen molar-refractivity contribution in [3.63, 3.8) is 0 Å². The highest BCUT2D eigenvalue weighted by atomic mass is 35.5. The number of aryl methyl sites for hydroxylation is 1. The maximum atomic E-state index is 12.3. The minimum Gasteiger partial charge on any atom is -0.455 e. The standard InChI is InChI=1S/C21H20ClN3O5/c1-13-5-4-6-15(9-13)23-18(26)12-30-21(29)14-10-19(27)25(11-14)24-20(28)16-7-2-3-8-17(16)22/h2-9,14H,10-12H2,1H3,(H,23,26)(H,24,28)/t14-/m1/s1. The van der Waals surface area contributed by atoms with E-state index in [1.165, 1.54) is 6.07 Å². The summed E-state index contributed by atoms with van der Waals surface area (Å²) >= 11 is 5.98. The molecule has 2 aromatic rings. The van der Waals surface area contributed by atoms with Crippen molar-refractivity contribution >= 4 is 41.0 Å². The SMILES string of the molecule is Cc1cccc(NC(=O)COC(=O)[C@@H]2CC(=O)N(NC(=O)c3ccccc3Cl)C2)c1. The van der Waals surface area contributed by atoms with Gasteiger partial charge in [-0.25, -0.2) is 0 Å². The van der Waals surface area contributed by atoms with Crippen molar-refractivity contribution in [3.05, 3.63) is 64.7 Å². The average molecular weight is 430 g/mol. The Morgan fingerprint density at radius 1 is 1.17 bits per heavy atom. The molecule has 0 aromatic heterocycles. The Bertz CT molecular complexity index is 994. The van der Waals surface area contributed by atoms with Crippen LogP contribution in [0.5, 0.6) is 0 Å². The number of carbonyl (C=O) groups excluding carboxylic acids is 4. The zero-order valence-corrected chi connectivity index (χ0v) is 16.9. The second kappa shape index (κ2) is 9.41. The lowest BCUT2D eigenvalue weighted by molar-refractivity contribution is -0.151. The van der Waals surface area contributed by atoms with Crippen LogP contribution >= 0.6 is 11.6 Å². The molecule has 8 nitrogen and oxygen atoms in total. The maximum absolute atomic E-state index is 12.3. The number of nitrogens with zero attached hydrogens (tertiary/aromatic N) is 1. The third kappa shape index (κ3) is 5.36. The van der Waals surface area contributed by atoms with Crippen LogP contribution in [0.1, 0.15) is 22.3 Å². The quantitative estimate of drug-likeness (QED) is 0.686. The first-order chi connectivity index (χ1) is 14.3. The van der Waals surface area contributed by atoms with Gasteiger partial charge in [-0.3, -0.25) is 29.6 Å². The molecule has 9 heteroatoms. The Labute approximate surface area is 178 Å². The monoisotopic (exact) mass is 429 g/mol. The Hall–Kier alpha value is -3.39. The van der Waals surface area contributed by atoms with E-state index < -0.39 is 36.2 Å². The van der Waals surface area contributed by atoms with Crippen LogP contribution in [0, 0.1) is 12.8 Å². The molecule has 3 amide bonds. The van der Waals surface area contributed by atoms with Crippen molar-refractivity contribution in [1.82, 2.24) is 10.4 Å². The number of benzene rings is 2. The molecule has 30 heavy (non-hydrogen) atoms. The zero-order valence-electron chi connectivity index (χ0n) is 16.2. The van der Waals surface area contributed by atoms with Crippen molar-refractivity contribution in [2.45, 2.75) is 13.3 Å². The van der Waals surface area contributed by atoms with E-state index in [1.54, 1.807) is 36.4 Å². The molecule has 0 spiro atoms. The number of nitrogens with one attached hydrogen (secondary N) is 2. The Balaban J connectivity index is 1.49. The fraction of sp³-hybridized carbons (Fsp3) is 0.238. The van der Waals surface area contributed by atoms with Crippen molar-refractivity contribution in [2.75, 3.05) is 18.5 Å².